The lowest BCUT2D eigenvalue weighted by molar-refractivity contribution is -0.257. The van der Waals surface area contributed by atoms with Gasteiger partial charge in [-0.3, -0.25) is 0 Å². The van der Waals surface area contributed by atoms with Crippen LogP contribution in [0, 0.1) is 0 Å². The van der Waals surface area contributed by atoms with E-state index in [-0.39, 0.29) is 6.10 Å². The lowest BCUT2D eigenvalue weighted by Gasteiger charge is -2.23. The van der Waals surface area contributed by atoms with Crippen molar-refractivity contribution in [1.29, 1.82) is 0 Å². The van der Waals surface area contributed by atoms with Crippen LogP contribution >= 0.6 is 0 Å². The summed E-state index contributed by atoms with van der Waals surface area (Å²) in [4.78, 5) is 10.7. The monoisotopic (exact) mass is 212 g/mol. The van der Waals surface area contributed by atoms with Gasteiger partial charge in [-0.1, -0.05) is 48.5 Å². The molecule has 0 N–H and O–H groups in total. The average Bonchev–Trinajstić information content (AvgIpc) is 2.39. The first-order chi connectivity index (χ1) is 7.93. The van der Waals surface area contributed by atoms with E-state index in [0.29, 0.717) is 0 Å². The Morgan fingerprint density at radius 3 is 2.50 bits per heavy atom. The van der Waals surface area contributed by atoms with Crippen LogP contribution in [0.1, 0.15) is 17.2 Å². The van der Waals surface area contributed by atoms with E-state index in [0.717, 1.165) is 17.7 Å². The Morgan fingerprint density at radius 2 is 1.62 bits per heavy atom. The van der Waals surface area contributed by atoms with Crippen molar-refractivity contribution >= 4 is 0 Å². The lowest BCUT2D eigenvalue weighted by Crippen LogP contribution is -2.16. The predicted molar refractivity (Wildman–Crippen MR) is 61.0 cm³/mol. The van der Waals surface area contributed by atoms with Crippen molar-refractivity contribution in [1.82, 2.24) is 0 Å². The van der Waals surface area contributed by atoms with Crippen LogP contribution in [0.25, 0.3) is 0 Å². The Hall–Kier alpha value is -1.80. The molecule has 0 radical (unpaired) electrons. The van der Waals surface area contributed by atoms with E-state index in [1.54, 1.807) is 0 Å². The molecule has 2 aromatic rings. The normalized spacial score (nSPS) is 18.6. The summed E-state index contributed by atoms with van der Waals surface area (Å²) in [5.74, 6) is 0.828. The van der Waals surface area contributed by atoms with E-state index in [1.165, 1.54) is 5.56 Å². The van der Waals surface area contributed by atoms with E-state index >= 15 is 0 Å². The molecule has 16 heavy (non-hydrogen) atoms. The van der Waals surface area contributed by atoms with Crippen molar-refractivity contribution in [2.24, 2.45) is 0 Å². The summed E-state index contributed by atoms with van der Waals surface area (Å²) in [6, 6.07) is 18.1. The summed E-state index contributed by atoms with van der Waals surface area (Å²) in [5, 5.41) is 0. The highest BCUT2D eigenvalue weighted by atomic mass is 17.2. The zero-order chi connectivity index (χ0) is 10.8. The molecular formula is C14H12O2. The van der Waals surface area contributed by atoms with E-state index in [2.05, 4.69) is 18.2 Å². The van der Waals surface area contributed by atoms with Gasteiger partial charge in [0, 0.05) is 12.0 Å². The molecule has 3 rings (SSSR count). The van der Waals surface area contributed by atoms with Gasteiger partial charge >= 0.3 is 0 Å². The van der Waals surface area contributed by atoms with Crippen molar-refractivity contribution in [2.75, 3.05) is 0 Å². The van der Waals surface area contributed by atoms with E-state index in [4.69, 9.17) is 9.78 Å². The number of fused-ring (bicyclic) bond motifs is 1. The summed E-state index contributed by atoms with van der Waals surface area (Å²) in [5.41, 5.74) is 2.35. The van der Waals surface area contributed by atoms with Gasteiger partial charge in [-0.25, -0.2) is 0 Å². The summed E-state index contributed by atoms with van der Waals surface area (Å²) in [7, 11) is 0. The maximum absolute atomic E-state index is 5.39. The largest absolute Gasteiger partial charge is 0.337 e. The highest BCUT2D eigenvalue weighted by Gasteiger charge is 2.22. The van der Waals surface area contributed by atoms with Crippen LogP contribution in [0.3, 0.4) is 0 Å². The zero-order valence-electron chi connectivity index (χ0n) is 8.80. The number of benzene rings is 2. The third-order valence-electron chi connectivity index (χ3n) is 2.80. The Bertz CT molecular complexity index is 479. The first-order valence-electron chi connectivity index (χ1n) is 5.40. The third kappa shape index (κ3) is 1.68. The lowest BCUT2D eigenvalue weighted by atomic mass is 10.0. The first-order valence-corrected chi connectivity index (χ1v) is 5.40. The third-order valence-corrected chi connectivity index (χ3v) is 2.80. The number of rotatable bonds is 1. The minimum absolute atomic E-state index is 0.00361. The first kappa shape index (κ1) is 9.43. The number of para-hydroxylation sites is 1. The Kier molecular flexibility index (Phi) is 2.35. The van der Waals surface area contributed by atoms with Gasteiger partial charge in [-0.2, -0.15) is 4.89 Å². The molecule has 2 heteroatoms. The quantitative estimate of drug-likeness (QED) is 0.675. The highest BCUT2D eigenvalue weighted by Crippen LogP contribution is 2.32. The molecule has 2 nitrogen and oxygen atoms in total. The van der Waals surface area contributed by atoms with Crippen LogP contribution in [-0.4, -0.2) is 0 Å². The zero-order valence-corrected chi connectivity index (χ0v) is 8.80. The van der Waals surface area contributed by atoms with Gasteiger partial charge in [0.15, 0.2) is 5.75 Å². The fourth-order valence-corrected chi connectivity index (χ4v) is 1.94. The van der Waals surface area contributed by atoms with Gasteiger partial charge in [-0.15, -0.1) is 0 Å². The molecule has 0 fully saturated rings. The van der Waals surface area contributed by atoms with Crippen LogP contribution in [0.4, 0.5) is 0 Å². The van der Waals surface area contributed by atoms with Crippen LogP contribution in [0.15, 0.2) is 54.6 Å². The van der Waals surface area contributed by atoms with Crippen molar-refractivity contribution in [2.45, 2.75) is 12.5 Å². The molecule has 2 aromatic carbocycles. The molecule has 0 saturated heterocycles. The molecular weight excluding hydrogens is 200 g/mol. The van der Waals surface area contributed by atoms with Crippen molar-refractivity contribution in [3.63, 3.8) is 0 Å². The second kappa shape index (κ2) is 3.99. The van der Waals surface area contributed by atoms with Gasteiger partial charge in [0.05, 0.1) is 0 Å². The van der Waals surface area contributed by atoms with Crippen LogP contribution < -0.4 is 4.89 Å². The van der Waals surface area contributed by atoms with E-state index in [1.807, 2.05) is 36.4 Å². The highest BCUT2D eigenvalue weighted by molar-refractivity contribution is 5.35. The van der Waals surface area contributed by atoms with Gasteiger partial charge in [-0.05, 0) is 11.6 Å². The fraction of sp³-hybridized carbons (Fsp3) is 0.143. The molecule has 1 heterocycles. The Morgan fingerprint density at radius 1 is 0.875 bits per heavy atom. The van der Waals surface area contributed by atoms with Crippen molar-refractivity contribution < 1.29 is 9.78 Å². The van der Waals surface area contributed by atoms with Gasteiger partial charge in [0.1, 0.15) is 6.10 Å². The summed E-state index contributed by atoms with van der Waals surface area (Å²) < 4.78 is 0. The van der Waals surface area contributed by atoms with Crippen LogP contribution in [0.2, 0.25) is 0 Å². The molecule has 0 spiro atoms. The Labute approximate surface area is 94.4 Å². The molecule has 1 aliphatic heterocycles. The fourth-order valence-electron chi connectivity index (χ4n) is 1.94. The van der Waals surface area contributed by atoms with Gasteiger partial charge < -0.3 is 4.89 Å². The van der Waals surface area contributed by atoms with Crippen molar-refractivity contribution in [3.8, 4) is 5.75 Å². The molecule has 0 aromatic heterocycles. The second-order valence-electron chi connectivity index (χ2n) is 3.89. The van der Waals surface area contributed by atoms with E-state index < -0.39 is 0 Å². The van der Waals surface area contributed by atoms with Crippen molar-refractivity contribution in [3.05, 3.63) is 65.7 Å². The average molecular weight is 212 g/mol. The topological polar surface area (TPSA) is 18.5 Å². The SMILES string of the molecule is c1ccc(C2Cc3ccccc3OO2)cc1. The minimum atomic E-state index is -0.00361. The maximum atomic E-state index is 5.39. The summed E-state index contributed by atoms with van der Waals surface area (Å²) in [6.45, 7) is 0. The molecule has 0 amide bonds. The van der Waals surface area contributed by atoms with Gasteiger partial charge in [0.25, 0.3) is 0 Å². The molecule has 0 saturated carbocycles. The summed E-state index contributed by atoms with van der Waals surface area (Å²) in [6.07, 6.45) is 0.858. The standard InChI is InChI=1S/C14H12O2/c1-2-6-11(7-3-1)14-10-12-8-4-5-9-13(12)15-16-14/h1-9,14H,10H2. The molecule has 1 atom stereocenters. The number of hydrogen-bond acceptors (Lipinski definition) is 2. The number of hydrogen-bond donors (Lipinski definition) is 0. The maximum Gasteiger partial charge on any atom is 0.168 e. The van der Waals surface area contributed by atoms with Crippen LogP contribution in [-0.2, 0) is 11.3 Å². The smallest absolute Gasteiger partial charge is 0.168 e. The molecule has 0 bridgehead atoms. The minimum Gasteiger partial charge on any atom is -0.337 e. The second-order valence-corrected chi connectivity index (χ2v) is 3.89. The van der Waals surface area contributed by atoms with E-state index in [9.17, 15) is 0 Å². The molecule has 0 aliphatic carbocycles. The summed E-state index contributed by atoms with van der Waals surface area (Å²) >= 11 is 0. The molecule has 1 unspecified atom stereocenters. The predicted octanol–water partition coefficient (Wildman–Crippen LogP) is 3.29. The molecule has 1 aliphatic rings. The Balaban J connectivity index is 1.89. The molecule has 80 valence electrons. The van der Waals surface area contributed by atoms with Crippen LogP contribution in [0.5, 0.6) is 5.75 Å². The van der Waals surface area contributed by atoms with Gasteiger partial charge in [0.2, 0.25) is 0 Å².